The van der Waals surface area contributed by atoms with E-state index >= 15 is 0 Å². The predicted octanol–water partition coefficient (Wildman–Crippen LogP) is 2.01. The highest BCUT2D eigenvalue weighted by Crippen LogP contribution is 2.29. The van der Waals surface area contributed by atoms with Crippen LogP contribution >= 0.6 is 11.8 Å². The number of aliphatic carboxylic acids is 1. The van der Waals surface area contributed by atoms with Crippen LogP contribution in [0.25, 0.3) is 0 Å². The van der Waals surface area contributed by atoms with Gasteiger partial charge in [0, 0.05) is 18.2 Å². The van der Waals surface area contributed by atoms with Gasteiger partial charge in [-0.25, -0.2) is 4.79 Å². The molecule has 21 heavy (non-hydrogen) atoms. The summed E-state index contributed by atoms with van der Waals surface area (Å²) in [5.74, 6) is -1.52. The van der Waals surface area contributed by atoms with Crippen molar-refractivity contribution in [2.45, 2.75) is 23.8 Å². The number of thioether (sulfide) groups is 1. The largest absolute Gasteiger partial charge is 0.480 e. The zero-order valence-corrected chi connectivity index (χ0v) is 12.1. The topological polar surface area (TPSA) is 101 Å². The maximum atomic E-state index is 12.4. The van der Waals surface area contributed by atoms with Gasteiger partial charge in [0.05, 0.1) is 9.82 Å². The Labute approximate surface area is 125 Å². The van der Waals surface area contributed by atoms with Crippen molar-refractivity contribution >= 4 is 29.3 Å². The van der Waals surface area contributed by atoms with Gasteiger partial charge in [-0.05, 0) is 31.2 Å². The number of nitro benzene ring substituents is 1. The Bertz CT molecular complexity index is 604. The molecule has 7 nitrogen and oxygen atoms in total. The third-order valence-corrected chi connectivity index (χ3v) is 4.21. The Morgan fingerprint density at radius 1 is 1.48 bits per heavy atom. The smallest absolute Gasteiger partial charge is 0.326 e. The number of carboxylic acids is 1. The molecule has 1 N–H and O–H groups in total. The van der Waals surface area contributed by atoms with Crippen molar-refractivity contribution < 1.29 is 19.6 Å². The van der Waals surface area contributed by atoms with E-state index in [0.717, 1.165) is 0 Å². The second kappa shape index (κ2) is 6.13. The highest BCUT2D eigenvalue weighted by Gasteiger charge is 2.35. The van der Waals surface area contributed by atoms with Crippen LogP contribution in [-0.4, -0.2) is 45.6 Å². The number of nitro groups is 1. The van der Waals surface area contributed by atoms with Crippen LogP contribution in [0, 0.1) is 10.1 Å². The molecule has 8 heteroatoms. The van der Waals surface area contributed by atoms with Gasteiger partial charge < -0.3 is 10.0 Å². The maximum Gasteiger partial charge on any atom is 0.326 e. The summed E-state index contributed by atoms with van der Waals surface area (Å²) in [5.41, 5.74) is 0.00655. The first-order valence-corrected chi connectivity index (χ1v) is 7.54. The third-order valence-electron chi connectivity index (χ3n) is 3.42. The lowest BCUT2D eigenvalue weighted by Gasteiger charge is -2.21. The number of amides is 1. The Hall–Kier alpha value is -2.09. The van der Waals surface area contributed by atoms with E-state index in [9.17, 15) is 19.7 Å². The number of carbonyl (C=O) groups excluding carboxylic acids is 1. The Kier molecular flexibility index (Phi) is 4.46. The summed E-state index contributed by atoms with van der Waals surface area (Å²) in [7, 11) is 0. The molecule has 0 unspecified atom stereocenters. The normalized spacial score (nSPS) is 17.8. The van der Waals surface area contributed by atoms with Crippen LogP contribution in [0.4, 0.5) is 5.69 Å². The van der Waals surface area contributed by atoms with Crippen molar-refractivity contribution in [3.63, 3.8) is 0 Å². The molecule has 1 aliphatic heterocycles. The molecule has 1 aliphatic rings. The van der Waals surface area contributed by atoms with Gasteiger partial charge in [0.15, 0.2) is 0 Å². The summed E-state index contributed by atoms with van der Waals surface area (Å²) >= 11 is 1.22. The molecule has 1 amide bonds. The second-order valence-corrected chi connectivity index (χ2v) is 5.49. The fourth-order valence-electron chi connectivity index (χ4n) is 2.40. The molecule has 1 heterocycles. The van der Waals surface area contributed by atoms with Gasteiger partial charge in [-0.2, -0.15) is 0 Å². The summed E-state index contributed by atoms with van der Waals surface area (Å²) in [4.78, 5) is 35.7. The van der Waals surface area contributed by atoms with Crippen LogP contribution in [0.3, 0.4) is 0 Å². The molecule has 0 radical (unpaired) electrons. The zero-order chi connectivity index (χ0) is 15.6. The van der Waals surface area contributed by atoms with Gasteiger partial charge in [-0.3, -0.25) is 14.9 Å². The molecular weight excluding hydrogens is 296 g/mol. The van der Waals surface area contributed by atoms with Crippen LogP contribution < -0.4 is 0 Å². The lowest BCUT2D eigenvalue weighted by Crippen LogP contribution is -2.40. The molecule has 1 saturated heterocycles. The minimum atomic E-state index is -1.05. The lowest BCUT2D eigenvalue weighted by molar-refractivity contribution is -0.387. The number of carbonyl (C=O) groups is 2. The van der Waals surface area contributed by atoms with Gasteiger partial charge >= 0.3 is 5.97 Å². The van der Waals surface area contributed by atoms with Gasteiger partial charge in [-0.1, -0.05) is 0 Å². The first kappa shape index (κ1) is 15.3. The van der Waals surface area contributed by atoms with Crippen LogP contribution in [0.1, 0.15) is 23.2 Å². The number of carboxylic acid groups (broad SMARTS) is 1. The van der Waals surface area contributed by atoms with E-state index in [4.69, 9.17) is 5.11 Å². The fraction of sp³-hybridized carbons (Fsp3) is 0.385. The molecule has 0 aliphatic carbocycles. The number of hydrogen-bond acceptors (Lipinski definition) is 5. The summed E-state index contributed by atoms with van der Waals surface area (Å²) in [6, 6.07) is 3.38. The standard InChI is InChI=1S/C13H14N2O5S/c1-21-11-5-4-8(7-10(11)15(19)20)12(16)14-6-2-3-9(14)13(17)18/h4-5,7,9H,2-3,6H2,1H3,(H,17,18)/t9-/m1/s1. The highest BCUT2D eigenvalue weighted by atomic mass is 32.2. The van der Waals surface area contributed by atoms with Gasteiger partial charge in [0.1, 0.15) is 6.04 Å². The highest BCUT2D eigenvalue weighted by molar-refractivity contribution is 7.98. The van der Waals surface area contributed by atoms with Gasteiger partial charge in [0.25, 0.3) is 11.6 Å². The number of hydrogen-bond donors (Lipinski definition) is 1. The first-order chi connectivity index (χ1) is 9.95. The van der Waals surface area contributed by atoms with Crippen molar-refractivity contribution in [3.05, 3.63) is 33.9 Å². The van der Waals surface area contributed by atoms with E-state index < -0.39 is 22.8 Å². The predicted molar refractivity (Wildman–Crippen MR) is 76.6 cm³/mol. The van der Waals surface area contributed by atoms with Crippen LogP contribution in [0.5, 0.6) is 0 Å². The number of benzene rings is 1. The van der Waals surface area contributed by atoms with Crippen LogP contribution in [0.2, 0.25) is 0 Å². The fourth-order valence-corrected chi connectivity index (χ4v) is 2.94. The number of likely N-dealkylation sites (tertiary alicyclic amines) is 1. The van der Waals surface area contributed by atoms with Crippen molar-refractivity contribution in [1.29, 1.82) is 0 Å². The summed E-state index contributed by atoms with van der Waals surface area (Å²) in [6.07, 6.45) is 2.74. The van der Waals surface area contributed by atoms with E-state index in [-0.39, 0.29) is 11.3 Å². The molecule has 1 aromatic carbocycles. The summed E-state index contributed by atoms with van der Waals surface area (Å²) < 4.78 is 0. The van der Waals surface area contributed by atoms with Crippen molar-refractivity contribution in [2.24, 2.45) is 0 Å². The van der Waals surface area contributed by atoms with Gasteiger partial charge in [0.2, 0.25) is 0 Å². The molecule has 0 saturated carbocycles. The summed E-state index contributed by atoms with van der Waals surface area (Å²) in [5, 5.41) is 20.1. The minimum Gasteiger partial charge on any atom is -0.480 e. The Balaban J connectivity index is 2.33. The molecule has 0 spiro atoms. The van der Waals surface area contributed by atoms with Crippen LogP contribution in [-0.2, 0) is 4.79 Å². The zero-order valence-electron chi connectivity index (χ0n) is 11.3. The second-order valence-electron chi connectivity index (χ2n) is 4.64. The molecule has 0 aromatic heterocycles. The van der Waals surface area contributed by atoms with Crippen molar-refractivity contribution in [2.75, 3.05) is 12.8 Å². The quantitative estimate of drug-likeness (QED) is 0.518. The van der Waals surface area contributed by atoms with E-state index in [0.29, 0.717) is 24.3 Å². The van der Waals surface area contributed by atoms with Crippen LogP contribution in [0.15, 0.2) is 23.1 Å². The van der Waals surface area contributed by atoms with E-state index in [1.54, 1.807) is 6.26 Å². The van der Waals surface area contributed by atoms with Gasteiger partial charge in [-0.15, -0.1) is 11.8 Å². The average Bonchev–Trinajstić information content (AvgIpc) is 2.95. The van der Waals surface area contributed by atoms with E-state index in [2.05, 4.69) is 0 Å². The molecule has 2 rings (SSSR count). The molecule has 1 atom stereocenters. The minimum absolute atomic E-state index is 0.139. The SMILES string of the molecule is CSc1ccc(C(=O)N2CCC[C@@H]2C(=O)O)cc1[N+](=O)[O-]. The van der Waals surface area contributed by atoms with E-state index in [1.165, 1.54) is 34.9 Å². The average molecular weight is 310 g/mol. The van der Waals surface area contributed by atoms with Crippen molar-refractivity contribution in [1.82, 2.24) is 4.90 Å². The first-order valence-electron chi connectivity index (χ1n) is 6.32. The van der Waals surface area contributed by atoms with E-state index in [1.807, 2.05) is 0 Å². The number of rotatable bonds is 4. The summed E-state index contributed by atoms with van der Waals surface area (Å²) in [6.45, 7) is 0.355. The molecule has 112 valence electrons. The molecule has 0 bridgehead atoms. The monoisotopic (exact) mass is 310 g/mol. The third kappa shape index (κ3) is 2.99. The Morgan fingerprint density at radius 3 is 2.76 bits per heavy atom. The lowest BCUT2D eigenvalue weighted by atomic mass is 10.1. The number of nitrogens with zero attached hydrogens (tertiary/aromatic N) is 2. The molecule has 1 aromatic rings. The Morgan fingerprint density at radius 2 is 2.19 bits per heavy atom. The van der Waals surface area contributed by atoms with Crippen molar-refractivity contribution in [3.8, 4) is 0 Å². The molecule has 1 fully saturated rings. The maximum absolute atomic E-state index is 12.4. The molecular formula is C13H14N2O5S.